The van der Waals surface area contributed by atoms with Crippen molar-refractivity contribution in [2.45, 2.75) is 13.8 Å². The van der Waals surface area contributed by atoms with Gasteiger partial charge in [0.2, 0.25) is 5.78 Å². The van der Waals surface area contributed by atoms with Gasteiger partial charge in [-0.15, -0.1) is 0 Å². The third-order valence-electron chi connectivity index (χ3n) is 4.03. The summed E-state index contributed by atoms with van der Waals surface area (Å²) < 4.78 is 6.64. The Hall–Kier alpha value is -2.69. The van der Waals surface area contributed by atoms with Crippen LogP contribution in [0.4, 0.5) is 0 Å². The molecule has 2 aromatic rings. The Balaban J connectivity index is 2.31. The largest absolute Gasteiger partial charge is 0.462 e. The minimum absolute atomic E-state index is 0.155. The summed E-state index contributed by atoms with van der Waals surface area (Å²) in [5.74, 6) is -1.12. The van der Waals surface area contributed by atoms with Gasteiger partial charge in [0, 0.05) is 23.9 Å². The van der Waals surface area contributed by atoms with E-state index < -0.39 is 5.97 Å². The van der Waals surface area contributed by atoms with E-state index in [0.29, 0.717) is 16.8 Å². The molecular formula is C17H15NO4. The smallest absolute Gasteiger partial charge is 0.340 e. The van der Waals surface area contributed by atoms with Gasteiger partial charge in [-0.25, -0.2) is 4.79 Å². The van der Waals surface area contributed by atoms with Gasteiger partial charge in [0.1, 0.15) is 5.69 Å². The Bertz CT molecular complexity index is 829. The van der Waals surface area contributed by atoms with E-state index in [2.05, 4.69) is 0 Å². The van der Waals surface area contributed by atoms with E-state index in [4.69, 9.17) is 4.74 Å². The van der Waals surface area contributed by atoms with Gasteiger partial charge in [-0.05, 0) is 13.8 Å². The average molecular weight is 297 g/mol. The van der Waals surface area contributed by atoms with Crippen molar-refractivity contribution in [3.05, 3.63) is 57.9 Å². The van der Waals surface area contributed by atoms with Crippen LogP contribution in [0.5, 0.6) is 0 Å². The molecule has 0 aliphatic heterocycles. The molecule has 0 saturated carbocycles. The summed E-state index contributed by atoms with van der Waals surface area (Å²) in [6.45, 7) is 3.61. The zero-order valence-corrected chi connectivity index (χ0v) is 12.6. The number of esters is 1. The van der Waals surface area contributed by atoms with Crippen LogP contribution in [0.1, 0.15) is 54.9 Å². The van der Waals surface area contributed by atoms with E-state index in [1.54, 1.807) is 49.7 Å². The van der Waals surface area contributed by atoms with E-state index in [0.717, 1.165) is 0 Å². The molecule has 0 amide bonds. The van der Waals surface area contributed by atoms with E-state index in [9.17, 15) is 14.4 Å². The summed E-state index contributed by atoms with van der Waals surface area (Å²) in [6.07, 6.45) is 0. The van der Waals surface area contributed by atoms with Crippen molar-refractivity contribution in [2.75, 3.05) is 6.61 Å². The summed E-state index contributed by atoms with van der Waals surface area (Å²) in [4.78, 5) is 37.7. The van der Waals surface area contributed by atoms with Crippen molar-refractivity contribution in [3.8, 4) is 0 Å². The molecular weight excluding hydrogens is 282 g/mol. The Kier molecular flexibility index (Phi) is 3.20. The van der Waals surface area contributed by atoms with Crippen LogP contribution in [0, 0.1) is 6.92 Å². The van der Waals surface area contributed by atoms with Crippen LogP contribution in [-0.2, 0) is 11.8 Å². The number of carbonyl (C=O) groups is 3. The lowest BCUT2D eigenvalue weighted by Gasteiger charge is -2.16. The number of hydrogen-bond donors (Lipinski definition) is 0. The van der Waals surface area contributed by atoms with E-state index in [-0.39, 0.29) is 35.0 Å². The van der Waals surface area contributed by atoms with Crippen LogP contribution in [0.2, 0.25) is 0 Å². The Labute approximate surface area is 127 Å². The van der Waals surface area contributed by atoms with Gasteiger partial charge in [0.25, 0.3) is 0 Å². The standard InChI is InChI=1S/C17H15NO4/c1-4-22-17(21)12-9(2)18(3)14-13(12)15(19)10-7-5-6-8-11(10)16(14)20/h5-8H,4H2,1-3H3. The van der Waals surface area contributed by atoms with Crippen molar-refractivity contribution < 1.29 is 19.1 Å². The molecule has 0 N–H and O–H groups in total. The number of carbonyl (C=O) groups excluding carboxylic acids is 3. The number of ether oxygens (including phenoxy) is 1. The fourth-order valence-electron chi connectivity index (χ4n) is 2.88. The van der Waals surface area contributed by atoms with E-state index >= 15 is 0 Å². The maximum Gasteiger partial charge on any atom is 0.340 e. The highest BCUT2D eigenvalue weighted by molar-refractivity contribution is 6.30. The first-order chi connectivity index (χ1) is 10.5. The molecule has 0 radical (unpaired) electrons. The molecule has 22 heavy (non-hydrogen) atoms. The summed E-state index contributed by atoms with van der Waals surface area (Å²) in [5.41, 5.74) is 1.85. The van der Waals surface area contributed by atoms with Gasteiger partial charge in [-0.2, -0.15) is 0 Å². The lowest BCUT2D eigenvalue weighted by atomic mass is 9.86. The van der Waals surface area contributed by atoms with Gasteiger partial charge >= 0.3 is 5.97 Å². The lowest BCUT2D eigenvalue weighted by Crippen LogP contribution is -2.23. The quantitative estimate of drug-likeness (QED) is 0.681. The summed E-state index contributed by atoms with van der Waals surface area (Å²) in [6, 6.07) is 6.66. The minimum Gasteiger partial charge on any atom is -0.462 e. The van der Waals surface area contributed by atoms with Gasteiger partial charge < -0.3 is 9.30 Å². The normalized spacial score (nSPS) is 12.9. The van der Waals surface area contributed by atoms with Crippen LogP contribution in [0.3, 0.4) is 0 Å². The van der Waals surface area contributed by atoms with Crippen molar-refractivity contribution in [2.24, 2.45) is 7.05 Å². The molecule has 0 fully saturated rings. The molecule has 0 spiro atoms. The molecule has 0 bridgehead atoms. The summed E-state index contributed by atoms with van der Waals surface area (Å²) in [5, 5.41) is 0. The van der Waals surface area contributed by atoms with Crippen LogP contribution < -0.4 is 0 Å². The van der Waals surface area contributed by atoms with Gasteiger partial charge in [-0.3, -0.25) is 9.59 Å². The Morgan fingerprint density at radius 3 is 2.32 bits per heavy atom. The first kappa shape index (κ1) is 14.3. The second-order valence-corrected chi connectivity index (χ2v) is 5.17. The van der Waals surface area contributed by atoms with Crippen LogP contribution in [-0.4, -0.2) is 28.7 Å². The monoisotopic (exact) mass is 297 g/mol. The maximum atomic E-state index is 12.8. The van der Waals surface area contributed by atoms with Gasteiger partial charge in [-0.1, -0.05) is 24.3 Å². The van der Waals surface area contributed by atoms with E-state index in [1.807, 2.05) is 0 Å². The first-order valence-electron chi connectivity index (χ1n) is 7.03. The fourth-order valence-corrected chi connectivity index (χ4v) is 2.88. The molecule has 0 saturated heterocycles. The minimum atomic E-state index is -0.572. The molecule has 1 aliphatic carbocycles. The van der Waals surface area contributed by atoms with Crippen molar-refractivity contribution in [1.29, 1.82) is 0 Å². The van der Waals surface area contributed by atoms with Crippen molar-refractivity contribution >= 4 is 17.5 Å². The highest BCUT2D eigenvalue weighted by Crippen LogP contribution is 2.33. The van der Waals surface area contributed by atoms with Gasteiger partial charge in [0.05, 0.1) is 17.7 Å². The highest BCUT2D eigenvalue weighted by atomic mass is 16.5. The molecule has 5 nitrogen and oxygen atoms in total. The maximum absolute atomic E-state index is 12.8. The third kappa shape index (κ3) is 1.75. The number of nitrogens with zero attached hydrogens (tertiary/aromatic N) is 1. The Morgan fingerprint density at radius 1 is 1.14 bits per heavy atom. The second-order valence-electron chi connectivity index (χ2n) is 5.17. The van der Waals surface area contributed by atoms with Crippen molar-refractivity contribution in [3.63, 3.8) is 0 Å². The molecule has 1 heterocycles. The number of aromatic nitrogens is 1. The zero-order valence-electron chi connectivity index (χ0n) is 12.6. The number of fused-ring (bicyclic) bond motifs is 2. The lowest BCUT2D eigenvalue weighted by molar-refractivity contribution is 0.0522. The summed E-state index contributed by atoms with van der Waals surface area (Å²) >= 11 is 0. The average Bonchev–Trinajstić information content (AvgIpc) is 2.78. The Morgan fingerprint density at radius 2 is 1.73 bits per heavy atom. The third-order valence-corrected chi connectivity index (χ3v) is 4.03. The molecule has 0 unspecified atom stereocenters. The number of benzene rings is 1. The van der Waals surface area contributed by atoms with Crippen LogP contribution in [0.25, 0.3) is 0 Å². The van der Waals surface area contributed by atoms with Crippen LogP contribution >= 0.6 is 0 Å². The SMILES string of the molecule is CCOC(=O)c1c2c(n(C)c1C)C(=O)c1ccccc1C2=O. The molecule has 0 atom stereocenters. The highest BCUT2D eigenvalue weighted by Gasteiger charge is 2.38. The number of rotatable bonds is 2. The molecule has 5 heteroatoms. The molecule has 1 aromatic carbocycles. The van der Waals surface area contributed by atoms with Crippen molar-refractivity contribution in [1.82, 2.24) is 4.57 Å². The predicted molar refractivity (Wildman–Crippen MR) is 79.4 cm³/mol. The predicted octanol–water partition coefficient (Wildman–Crippen LogP) is 2.29. The number of ketones is 2. The van der Waals surface area contributed by atoms with Gasteiger partial charge in [0.15, 0.2) is 5.78 Å². The summed E-state index contributed by atoms with van der Waals surface area (Å²) in [7, 11) is 1.68. The number of hydrogen-bond acceptors (Lipinski definition) is 4. The molecule has 1 aliphatic rings. The second kappa shape index (κ2) is 4.94. The zero-order chi connectivity index (χ0) is 16.0. The van der Waals surface area contributed by atoms with Crippen LogP contribution in [0.15, 0.2) is 24.3 Å². The molecule has 3 rings (SSSR count). The van der Waals surface area contributed by atoms with E-state index in [1.165, 1.54) is 0 Å². The first-order valence-corrected chi connectivity index (χ1v) is 7.03. The fraction of sp³-hybridized carbons (Fsp3) is 0.235. The molecule has 1 aromatic heterocycles. The molecule has 112 valence electrons. The topological polar surface area (TPSA) is 65.4 Å².